The molecule has 0 spiro atoms. The monoisotopic (exact) mass is 472 g/mol. The Balaban J connectivity index is 1.74. The van der Waals surface area contributed by atoms with Gasteiger partial charge in [0.1, 0.15) is 16.9 Å². The number of aryl methyl sites for hydroxylation is 1. The molecule has 0 amide bonds. The summed E-state index contributed by atoms with van der Waals surface area (Å²) in [4.78, 5) is 38.0. The lowest BCUT2D eigenvalue weighted by molar-refractivity contribution is 0.774. The zero-order valence-electron chi connectivity index (χ0n) is 18.5. The SMILES string of the molecule is Cc1c[nH]c2nc(N)nc(N[C@@H](C)c3cc4cccc(Cl)c4c(=O)n3-c3ccccc3)c2c1=O. The molecule has 4 N–H and O–H groups in total. The molecule has 2 aromatic carbocycles. The Morgan fingerprint density at radius 3 is 2.59 bits per heavy atom. The molecular formula is C25H21ClN6O2. The van der Waals surface area contributed by atoms with Crippen LogP contribution in [-0.4, -0.2) is 19.5 Å². The number of nitrogens with zero attached hydrogens (tertiary/aromatic N) is 3. The predicted octanol–water partition coefficient (Wildman–Crippen LogP) is 4.34. The lowest BCUT2D eigenvalue weighted by Gasteiger charge is -2.22. The average Bonchev–Trinajstić information content (AvgIpc) is 2.81. The number of H-pyrrole nitrogens is 1. The molecule has 0 bridgehead atoms. The van der Waals surface area contributed by atoms with E-state index in [1.54, 1.807) is 29.8 Å². The van der Waals surface area contributed by atoms with E-state index < -0.39 is 6.04 Å². The largest absolute Gasteiger partial charge is 0.368 e. The van der Waals surface area contributed by atoms with Crippen molar-refractivity contribution in [3.63, 3.8) is 0 Å². The van der Waals surface area contributed by atoms with Gasteiger partial charge in [-0.1, -0.05) is 41.9 Å². The highest BCUT2D eigenvalue weighted by Gasteiger charge is 2.20. The maximum Gasteiger partial charge on any atom is 0.264 e. The van der Waals surface area contributed by atoms with Crippen molar-refractivity contribution in [1.29, 1.82) is 0 Å². The fourth-order valence-electron chi connectivity index (χ4n) is 4.12. The number of rotatable bonds is 4. The van der Waals surface area contributed by atoms with Crippen LogP contribution in [0.25, 0.3) is 27.5 Å². The average molecular weight is 473 g/mol. The van der Waals surface area contributed by atoms with Gasteiger partial charge in [0.15, 0.2) is 5.43 Å². The second-order valence-electron chi connectivity index (χ2n) is 8.07. The third kappa shape index (κ3) is 3.58. The Bertz CT molecular complexity index is 1680. The van der Waals surface area contributed by atoms with Crippen LogP contribution in [0, 0.1) is 6.92 Å². The molecule has 0 aliphatic heterocycles. The fourth-order valence-corrected chi connectivity index (χ4v) is 4.38. The maximum atomic E-state index is 13.6. The number of halogens is 1. The van der Waals surface area contributed by atoms with Crippen molar-refractivity contribution in [2.75, 3.05) is 11.1 Å². The number of anilines is 2. The van der Waals surface area contributed by atoms with Gasteiger partial charge in [0.05, 0.1) is 16.5 Å². The van der Waals surface area contributed by atoms with Gasteiger partial charge < -0.3 is 16.0 Å². The molecule has 5 aromatic rings. The smallest absolute Gasteiger partial charge is 0.264 e. The molecule has 0 aliphatic rings. The van der Waals surface area contributed by atoms with Crippen molar-refractivity contribution in [3.05, 3.63) is 97.7 Å². The highest BCUT2D eigenvalue weighted by atomic mass is 35.5. The third-order valence-corrected chi connectivity index (χ3v) is 6.09. The van der Waals surface area contributed by atoms with E-state index in [0.717, 1.165) is 0 Å². The third-order valence-electron chi connectivity index (χ3n) is 5.77. The summed E-state index contributed by atoms with van der Waals surface area (Å²) < 4.78 is 1.62. The van der Waals surface area contributed by atoms with Crippen LogP contribution in [0.3, 0.4) is 0 Å². The van der Waals surface area contributed by atoms with Crippen LogP contribution in [0.15, 0.2) is 70.4 Å². The van der Waals surface area contributed by atoms with Gasteiger partial charge in [-0.2, -0.15) is 9.97 Å². The standard InChI is InChI=1S/C25H21ClN6O2/c1-13-12-28-22-20(21(13)33)23(31-25(27)30-22)29-14(2)18-11-15-7-6-10-17(26)19(15)24(34)32(18)16-8-4-3-5-9-16/h3-12,14H,1-2H3,(H4,27,28,29,30,31,33)/t14-/m0/s1. The molecule has 5 rings (SSSR count). The van der Waals surface area contributed by atoms with Gasteiger partial charge in [0, 0.05) is 23.1 Å². The molecule has 0 fully saturated rings. The molecule has 34 heavy (non-hydrogen) atoms. The first-order valence-corrected chi connectivity index (χ1v) is 11.0. The minimum absolute atomic E-state index is 0.0208. The molecule has 1 atom stereocenters. The molecule has 0 unspecified atom stereocenters. The van der Waals surface area contributed by atoms with Crippen molar-refractivity contribution in [2.45, 2.75) is 19.9 Å². The highest BCUT2D eigenvalue weighted by molar-refractivity contribution is 6.35. The van der Waals surface area contributed by atoms with Crippen LogP contribution in [0.2, 0.25) is 5.02 Å². The van der Waals surface area contributed by atoms with Crippen LogP contribution in [0.4, 0.5) is 11.8 Å². The molecule has 0 radical (unpaired) electrons. The quantitative estimate of drug-likeness (QED) is 0.358. The Morgan fingerprint density at radius 2 is 1.82 bits per heavy atom. The summed E-state index contributed by atoms with van der Waals surface area (Å²) >= 11 is 6.40. The topological polar surface area (TPSA) is 119 Å². The Hall–Kier alpha value is -4.17. The van der Waals surface area contributed by atoms with Gasteiger partial charge in [-0.25, -0.2) is 0 Å². The van der Waals surface area contributed by atoms with E-state index in [-0.39, 0.29) is 16.9 Å². The van der Waals surface area contributed by atoms with Gasteiger partial charge in [0.2, 0.25) is 5.95 Å². The van der Waals surface area contributed by atoms with Crippen molar-refractivity contribution < 1.29 is 0 Å². The first kappa shape index (κ1) is 21.7. The number of nitrogens with one attached hydrogen (secondary N) is 2. The maximum absolute atomic E-state index is 13.6. The summed E-state index contributed by atoms with van der Waals surface area (Å²) in [6.07, 6.45) is 1.59. The second-order valence-corrected chi connectivity index (χ2v) is 8.48. The number of pyridine rings is 2. The van der Waals surface area contributed by atoms with E-state index in [2.05, 4.69) is 20.3 Å². The van der Waals surface area contributed by atoms with Gasteiger partial charge in [-0.05, 0) is 43.5 Å². The molecule has 0 saturated heterocycles. The number of nitrogens with two attached hydrogens (primary N) is 1. The molecule has 3 aromatic heterocycles. The zero-order valence-corrected chi connectivity index (χ0v) is 19.2. The molecule has 8 nitrogen and oxygen atoms in total. The van der Waals surface area contributed by atoms with Gasteiger partial charge in [-0.3, -0.25) is 14.2 Å². The van der Waals surface area contributed by atoms with Crippen LogP contribution >= 0.6 is 11.6 Å². The van der Waals surface area contributed by atoms with Crippen molar-refractivity contribution >= 4 is 45.2 Å². The molecule has 0 saturated carbocycles. The minimum atomic E-state index is -0.436. The summed E-state index contributed by atoms with van der Waals surface area (Å²) in [6, 6.07) is 16.1. The summed E-state index contributed by atoms with van der Waals surface area (Å²) in [5, 5.41) is 5.13. The van der Waals surface area contributed by atoms with Crippen molar-refractivity contribution in [1.82, 2.24) is 19.5 Å². The Morgan fingerprint density at radius 1 is 1.06 bits per heavy atom. The van der Waals surface area contributed by atoms with Gasteiger partial charge in [0.25, 0.3) is 5.56 Å². The van der Waals surface area contributed by atoms with Crippen molar-refractivity contribution in [3.8, 4) is 5.69 Å². The lowest BCUT2D eigenvalue weighted by Crippen LogP contribution is -2.26. The van der Waals surface area contributed by atoms with Crippen LogP contribution in [0.5, 0.6) is 0 Å². The number of para-hydroxylation sites is 1. The Labute approximate surface area is 199 Å². The summed E-state index contributed by atoms with van der Waals surface area (Å²) in [6.45, 7) is 3.60. The van der Waals surface area contributed by atoms with E-state index in [4.69, 9.17) is 17.3 Å². The molecule has 0 aliphatic carbocycles. The van der Waals surface area contributed by atoms with Crippen LogP contribution in [0.1, 0.15) is 24.2 Å². The second kappa shape index (κ2) is 8.31. The van der Waals surface area contributed by atoms with Gasteiger partial charge in [-0.15, -0.1) is 0 Å². The van der Waals surface area contributed by atoms with Gasteiger partial charge >= 0.3 is 0 Å². The number of hydrogen-bond donors (Lipinski definition) is 3. The van der Waals surface area contributed by atoms with E-state index in [1.165, 1.54) is 0 Å². The van der Waals surface area contributed by atoms with E-state index >= 15 is 0 Å². The summed E-state index contributed by atoms with van der Waals surface area (Å²) in [5.74, 6) is 0.311. The predicted molar refractivity (Wildman–Crippen MR) is 136 cm³/mol. The minimum Gasteiger partial charge on any atom is -0.368 e. The number of nitrogen functional groups attached to an aromatic ring is 1. The Kier molecular flexibility index (Phi) is 5.30. The number of hydrogen-bond acceptors (Lipinski definition) is 6. The van der Waals surface area contributed by atoms with Crippen LogP contribution in [-0.2, 0) is 0 Å². The first-order chi connectivity index (χ1) is 16.3. The van der Waals surface area contributed by atoms with E-state index in [0.29, 0.717) is 49.6 Å². The molecular weight excluding hydrogens is 452 g/mol. The molecule has 9 heteroatoms. The van der Waals surface area contributed by atoms with E-state index in [9.17, 15) is 9.59 Å². The van der Waals surface area contributed by atoms with Crippen LogP contribution < -0.4 is 22.0 Å². The summed E-state index contributed by atoms with van der Waals surface area (Å²) in [5.41, 5.74) is 7.70. The number of aromatic amines is 1. The molecule has 170 valence electrons. The van der Waals surface area contributed by atoms with E-state index in [1.807, 2.05) is 49.4 Å². The normalized spacial score (nSPS) is 12.2. The fraction of sp³-hybridized carbons (Fsp3) is 0.120. The highest BCUT2D eigenvalue weighted by Crippen LogP contribution is 2.28. The number of aromatic nitrogens is 4. The lowest BCUT2D eigenvalue weighted by atomic mass is 10.1. The molecule has 3 heterocycles. The zero-order chi connectivity index (χ0) is 24.0. The number of fused-ring (bicyclic) bond motifs is 2. The first-order valence-electron chi connectivity index (χ1n) is 10.7. The number of benzene rings is 2. The summed E-state index contributed by atoms with van der Waals surface area (Å²) in [7, 11) is 0. The van der Waals surface area contributed by atoms with Crippen molar-refractivity contribution in [2.24, 2.45) is 0 Å².